The molecular formula is C13H17F3N2O. The van der Waals surface area contributed by atoms with E-state index in [0.29, 0.717) is 18.7 Å². The molecule has 2 N–H and O–H groups in total. The molecule has 0 aliphatic heterocycles. The van der Waals surface area contributed by atoms with Gasteiger partial charge in [-0.05, 0) is 31.4 Å². The van der Waals surface area contributed by atoms with Crippen LogP contribution >= 0.6 is 0 Å². The number of hydrogen-bond donors (Lipinski definition) is 2. The lowest BCUT2D eigenvalue weighted by atomic mass is 9.85. The van der Waals surface area contributed by atoms with Crippen LogP contribution in [0.4, 0.5) is 13.2 Å². The molecule has 6 heteroatoms. The molecule has 1 aromatic heterocycles. The molecule has 1 aliphatic carbocycles. The van der Waals surface area contributed by atoms with E-state index in [1.54, 1.807) is 6.07 Å². The van der Waals surface area contributed by atoms with Gasteiger partial charge >= 0.3 is 6.18 Å². The lowest BCUT2D eigenvalue weighted by molar-refractivity contribution is -0.183. The second-order valence-corrected chi connectivity index (χ2v) is 4.99. The van der Waals surface area contributed by atoms with E-state index in [1.165, 1.54) is 12.3 Å². The number of pyridine rings is 1. The normalized spacial score (nSPS) is 24.4. The topological polar surface area (TPSA) is 45.1 Å². The fourth-order valence-electron chi connectivity index (χ4n) is 2.44. The van der Waals surface area contributed by atoms with Crippen LogP contribution in [0.5, 0.6) is 5.75 Å². The third kappa shape index (κ3) is 4.09. The molecular weight excluding hydrogens is 257 g/mol. The van der Waals surface area contributed by atoms with Gasteiger partial charge < -0.3 is 10.4 Å². The molecule has 0 amide bonds. The lowest BCUT2D eigenvalue weighted by Gasteiger charge is -2.31. The van der Waals surface area contributed by atoms with Crippen LogP contribution in [0.1, 0.15) is 31.4 Å². The van der Waals surface area contributed by atoms with Crippen LogP contribution in [0.15, 0.2) is 18.3 Å². The summed E-state index contributed by atoms with van der Waals surface area (Å²) >= 11 is 0. The van der Waals surface area contributed by atoms with Crippen LogP contribution in [0.2, 0.25) is 0 Å². The molecule has 1 saturated carbocycles. The van der Waals surface area contributed by atoms with Crippen LogP contribution in [0.3, 0.4) is 0 Å². The zero-order valence-corrected chi connectivity index (χ0v) is 10.5. The van der Waals surface area contributed by atoms with Crippen molar-refractivity contribution < 1.29 is 18.3 Å². The van der Waals surface area contributed by atoms with Gasteiger partial charge in [0, 0.05) is 12.6 Å². The summed E-state index contributed by atoms with van der Waals surface area (Å²) in [6.45, 7) is 0.426. The van der Waals surface area contributed by atoms with Gasteiger partial charge in [0.2, 0.25) is 0 Å². The Morgan fingerprint density at radius 2 is 2.11 bits per heavy atom. The third-order valence-corrected chi connectivity index (χ3v) is 3.52. The smallest absolute Gasteiger partial charge is 0.391 e. The van der Waals surface area contributed by atoms with E-state index in [1.807, 2.05) is 0 Å². The molecule has 2 unspecified atom stereocenters. The minimum Gasteiger partial charge on any atom is -0.506 e. The Balaban J connectivity index is 1.84. The zero-order valence-electron chi connectivity index (χ0n) is 10.5. The third-order valence-electron chi connectivity index (χ3n) is 3.52. The quantitative estimate of drug-likeness (QED) is 0.890. The lowest BCUT2D eigenvalue weighted by Crippen LogP contribution is -2.38. The first-order valence-corrected chi connectivity index (χ1v) is 6.39. The standard InChI is InChI=1S/C13H17F3N2O/c14-13(15,16)9-2-1-3-10(6-9)17-7-11-4-5-12(19)8-18-11/h4-5,8-10,17,19H,1-3,6-7H2. The summed E-state index contributed by atoms with van der Waals surface area (Å²) in [5, 5.41) is 12.2. The number of alkyl halides is 3. The van der Waals surface area contributed by atoms with Gasteiger partial charge in [-0.1, -0.05) is 6.42 Å². The predicted molar refractivity (Wildman–Crippen MR) is 64.5 cm³/mol. The SMILES string of the molecule is Oc1ccc(CNC2CCCC(C(F)(F)F)C2)nc1. The highest BCUT2D eigenvalue weighted by molar-refractivity contribution is 5.17. The fraction of sp³-hybridized carbons (Fsp3) is 0.615. The van der Waals surface area contributed by atoms with Crippen molar-refractivity contribution in [1.82, 2.24) is 10.3 Å². The summed E-state index contributed by atoms with van der Waals surface area (Å²) in [7, 11) is 0. The number of rotatable bonds is 3. The van der Waals surface area contributed by atoms with Crippen LogP contribution in [-0.4, -0.2) is 22.3 Å². The number of aromatic nitrogens is 1. The second-order valence-electron chi connectivity index (χ2n) is 4.99. The summed E-state index contributed by atoms with van der Waals surface area (Å²) in [6, 6.07) is 3.06. The van der Waals surface area contributed by atoms with E-state index in [4.69, 9.17) is 5.11 Å². The number of nitrogens with one attached hydrogen (secondary N) is 1. The van der Waals surface area contributed by atoms with E-state index < -0.39 is 12.1 Å². The summed E-state index contributed by atoms with van der Waals surface area (Å²) in [5.74, 6) is -1.11. The maximum absolute atomic E-state index is 12.7. The molecule has 0 aromatic carbocycles. The Bertz CT molecular complexity index is 405. The average Bonchev–Trinajstić information content (AvgIpc) is 2.37. The van der Waals surface area contributed by atoms with Gasteiger partial charge in [0.1, 0.15) is 5.75 Å². The van der Waals surface area contributed by atoms with Crippen LogP contribution in [0.25, 0.3) is 0 Å². The zero-order chi connectivity index (χ0) is 13.9. The highest BCUT2D eigenvalue weighted by Gasteiger charge is 2.41. The van der Waals surface area contributed by atoms with Crippen molar-refractivity contribution in [2.75, 3.05) is 0 Å². The van der Waals surface area contributed by atoms with Crippen molar-refractivity contribution in [1.29, 1.82) is 0 Å². The molecule has 1 fully saturated rings. The number of halogens is 3. The van der Waals surface area contributed by atoms with E-state index >= 15 is 0 Å². The van der Waals surface area contributed by atoms with Gasteiger partial charge in [-0.3, -0.25) is 4.98 Å². The van der Waals surface area contributed by atoms with Crippen LogP contribution < -0.4 is 5.32 Å². The molecule has 106 valence electrons. The highest BCUT2D eigenvalue weighted by Crippen LogP contribution is 2.37. The average molecular weight is 274 g/mol. The first kappa shape index (κ1) is 14.1. The van der Waals surface area contributed by atoms with Crippen molar-refractivity contribution in [2.24, 2.45) is 5.92 Å². The molecule has 0 spiro atoms. The Morgan fingerprint density at radius 1 is 1.32 bits per heavy atom. The molecule has 0 saturated heterocycles. The van der Waals surface area contributed by atoms with Gasteiger partial charge in [-0.15, -0.1) is 0 Å². The number of hydrogen-bond acceptors (Lipinski definition) is 3. The van der Waals surface area contributed by atoms with E-state index in [-0.39, 0.29) is 24.6 Å². The van der Waals surface area contributed by atoms with Crippen LogP contribution in [0, 0.1) is 5.92 Å². The molecule has 0 radical (unpaired) electrons. The fourth-order valence-corrected chi connectivity index (χ4v) is 2.44. The van der Waals surface area contributed by atoms with E-state index in [2.05, 4.69) is 10.3 Å². The summed E-state index contributed by atoms with van der Waals surface area (Å²) in [4.78, 5) is 4.00. The molecule has 19 heavy (non-hydrogen) atoms. The van der Waals surface area contributed by atoms with Crippen LogP contribution in [-0.2, 0) is 6.54 Å². The van der Waals surface area contributed by atoms with Gasteiger partial charge in [0.15, 0.2) is 0 Å². The van der Waals surface area contributed by atoms with Crippen molar-refractivity contribution in [3.63, 3.8) is 0 Å². The summed E-state index contributed by atoms with van der Waals surface area (Å²) in [6.07, 6.45) is -1.01. The van der Waals surface area contributed by atoms with E-state index in [0.717, 1.165) is 6.42 Å². The first-order chi connectivity index (χ1) is 8.95. The number of nitrogens with zero attached hydrogens (tertiary/aromatic N) is 1. The number of aromatic hydroxyl groups is 1. The minimum atomic E-state index is -4.09. The summed E-state index contributed by atoms with van der Waals surface area (Å²) in [5.41, 5.74) is 0.715. The Kier molecular flexibility index (Phi) is 4.29. The molecule has 2 rings (SSSR count). The van der Waals surface area contributed by atoms with Crippen molar-refractivity contribution in [3.8, 4) is 5.75 Å². The minimum absolute atomic E-state index is 0.0820. The molecule has 1 aliphatic rings. The Hall–Kier alpha value is -1.30. The van der Waals surface area contributed by atoms with E-state index in [9.17, 15) is 13.2 Å². The molecule has 2 atom stereocenters. The molecule has 1 heterocycles. The van der Waals surface area contributed by atoms with Crippen molar-refractivity contribution in [3.05, 3.63) is 24.0 Å². The van der Waals surface area contributed by atoms with Gasteiger partial charge in [-0.25, -0.2) is 0 Å². The van der Waals surface area contributed by atoms with Crippen molar-refractivity contribution in [2.45, 2.75) is 44.4 Å². The van der Waals surface area contributed by atoms with Gasteiger partial charge in [0.25, 0.3) is 0 Å². The molecule has 1 aromatic rings. The summed E-state index contributed by atoms with van der Waals surface area (Å²) < 4.78 is 38.0. The second kappa shape index (κ2) is 5.77. The monoisotopic (exact) mass is 274 g/mol. The Morgan fingerprint density at radius 3 is 2.74 bits per heavy atom. The first-order valence-electron chi connectivity index (χ1n) is 6.39. The highest BCUT2D eigenvalue weighted by atomic mass is 19.4. The van der Waals surface area contributed by atoms with Gasteiger partial charge in [0.05, 0.1) is 17.8 Å². The van der Waals surface area contributed by atoms with Gasteiger partial charge in [-0.2, -0.15) is 13.2 Å². The maximum atomic E-state index is 12.7. The van der Waals surface area contributed by atoms with Crippen molar-refractivity contribution >= 4 is 0 Å². The largest absolute Gasteiger partial charge is 0.506 e. The molecule has 0 bridgehead atoms. The molecule has 3 nitrogen and oxygen atoms in total. The maximum Gasteiger partial charge on any atom is 0.391 e. The predicted octanol–water partition coefficient (Wildman–Crippen LogP) is 3.00. The Labute approximate surface area is 109 Å².